The lowest BCUT2D eigenvalue weighted by molar-refractivity contribution is -0.0212. The Labute approximate surface area is 131 Å². The van der Waals surface area contributed by atoms with Gasteiger partial charge in [-0.25, -0.2) is 4.79 Å². The van der Waals surface area contributed by atoms with Crippen molar-refractivity contribution in [2.24, 2.45) is 11.3 Å². The van der Waals surface area contributed by atoms with Crippen molar-refractivity contribution in [3.63, 3.8) is 0 Å². The van der Waals surface area contributed by atoms with Gasteiger partial charge in [0.2, 0.25) is 11.7 Å². The molecule has 1 atom stereocenters. The molecule has 0 saturated carbocycles. The van der Waals surface area contributed by atoms with Crippen LogP contribution in [0.3, 0.4) is 0 Å². The summed E-state index contributed by atoms with van der Waals surface area (Å²) in [7, 11) is 0. The summed E-state index contributed by atoms with van der Waals surface area (Å²) in [5.74, 6) is 1.49. The first-order chi connectivity index (χ1) is 10.3. The fourth-order valence-electron chi connectivity index (χ4n) is 2.06. The standard InChI is InChI=1S/C15H26N4O3/c1-10(2)15(4,5)9-16-14(20)19-6-7-21-12(8-19)13-17-11(3)22-18-13/h10,12H,6-9H2,1-5H3,(H,16,20)/t12-/m1/s1. The van der Waals surface area contributed by atoms with Gasteiger partial charge in [-0.05, 0) is 11.3 Å². The van der Waals surface area contributed by atoms with E-state index in [2.05, 4.69) is 43.2 Å². The molecule has 2 heterocycles. The zero-order chi connectivity index (χ0) is 16.3. The molecule has 1 saturated heterocycles. The minimum Gasteiger partial charge on any atom is -0.366 e. The highest BCUT2D eigenvalue weighted by Gasteiger charge is 2.30. The fraction of sp³-hybridized carbons (Fsp3) is 0.800. The lowest BCUT2D eigenvalue weighted by Gasteiger charge is -2.34. The van der Waals surface area contributed by atoms with E-state index >= 15 is 0 Å². The number of aromatic nitrogens is 2. The van der Waals surface area contributed by atoms with E-state index in [1.165, 1.54) is 0 Å². The van der Waals surface area contributed by atoms with Gasteiger partial charge in [-0.3, -0.25) is 0 Å². The van der Waals surface area contributed by atoms with Crippen molar-refractivity contribution in [2.45, 2.75) is 40.7 Å². The molecule has 1 aliphatic rings. The van der Waals surface area contributed by atoms with Crippen molar-refractivity contribution < 1.29 is 14.1 Å². The zero-order valence-electron chi connectivity index (χ0n) is 14.0. The zero-order valence-corrected chi connectivity index (χ0v) is 14.0. The fourth-order valence-corrected chi connectivity index (χ4v) is 2.06. The summed E-state index contributed by atoms with van der Waals surface area (Å²) in [6.45, 7) is 12.5. The summed E-state index contributed by atoms with van der Waals surface area (Å²) in [4.78, 5) is 18.3. The predicted octanol–water partition coefficient (Wildman–Crippen LogP) is 2.14. The average molecular weight is 310 g/mol. The molecule has 0 unspecified atom stereocenters. The van der Waals surface area contributed by atoms with Gasteiger partial charge in [-0.15, -0.1) is 0 Å². The van der Waals surface area contributed by atoms with Gasteiger partial charge in [0.1, 0.15) is 6.10 Å². The quantitative estimate of drug-likeness (QED) is 0.921. The number of rotatable bonds is 4. The predicted molar refractivity (Wildman–Crippen MR) is 81.3 cm³/mol. The second kappa shape index (κ2) is 6.64. The lowest BCUT2D eigenvalue weighted by Crippen LogP contribution is -2.49. The maximum absolute atomic E-state index is 12.3. The lowest BCUT2D eigenvalue weighted by atomic mass is 9.81. The number of hydrogen-bond acceptors (Lipinski definition) is 5. The van der Waals surface area contributed by atoms with E-state index in [0.29, 0.717) is 43.9 Å². The first-order valence-electron chi connectivity index (χ1n) is 7.74. The number of carbonyl (C=O) groups is 1. The van der Waals surface area contributed by atoms with Gasteiger partial charge in [0.25, 0.3) is 0 Å². The number of nitrogens with one attached hydrogen (secondary N) is 1. The van der Waals surface area contributed by atoms with Crippen LogP contribution >= 0.6 is 0 Å². The van der Waals surface area contributed by atoms with E-state index in [9.17, 15) is 4.79 Å². The number of morpholine rings is 1. The van der Waals surface area contributed by atoms with Crippen molar-refractivity contribution in [3.8, 4) is 0 Å². The molecule has 0 aromatic carbocycles. The number of carbonyl (C=O) groups excluding carboxylic acids is 1. The van der Waals surface area contributed by atoms with Crippen LogP contribution in [0.5, 0.6) is 0 Å². The minimum absolute atomic E-state index is 0.0616. The van der Waals surface area contributed by atoms with Crippen molar-refractivity contribution in [1.29, 1.82) is 0 Å². The van der Waals surface area contributed by atoms with Gasteiger partial charge < -0.3 is 19.5 Å². The first-order valence-corrected chi connectivity index (χ1v) is 7.74. The molecule has 0 aliphatic carbocycles. The highest BCUT2D eigenvalue weighted by Crippen LogP contribution is 2.25. The Bertz CT molecular complexity index is 513. The van der Waals surface area contributed by atoms with Crippen LogP contribution in [0.15, 0.2) is 4.52 Å². The van der Waals surface area contributed by atoms with E-state index < -0.39 is 0 Å². The number of hydrogen-bond donors (Lipinski definition) is 1. The van der Waals surface area contributed by atoms with Gasteiger partial charge in [0, 0.05) is 20.0 Å². The molecule has 1 N–H and O–H groups in total. The van der Waals surface area contributed by atoms with E-state index in [-0.39, 0.29) is 17.6 Å². The SMILES string of the molecule is Cc1nc([C@H]2CN(C(=O)NCC(C)(C)C(C)C)CCO2)no1. The Morgan fingerprint density at radius 2 is 2.23 bits per heavy atom. The molecule has 1 fully saturated rings. The molecule has 0 spiro atoms. The van der Waals surface area contributed by atoms with Crippen molar-refractivity contribution in [1.82, 2.24) is 20.4 Å². The van der Waals surface area contributed by atoms with Crippen molar-refractivity contribution >= 4 is 6.03 Å². The maximum Gasteiger partial charge on any atom is 0.317 e. The molecule has 124 valence electrons. The summed E-state index contributed by atoms with van der Waals surface area (Å²) in [5, 5.41) is 6.89. The summed E-state index contributed by atoms with van der Waals surface area (Å²) in [6, 6.07) is -0.0674. The number of urea groups is 1. The smallest absolute Gasteiger partial charge is 0.317 e. The second-order valence-electron chi connectivity index (χ2n) is 6.78. The maximum atomic E-state index is 12.3. The van der Waals surface area contributed by atoms with Gasteiger partial charge >= 0.3 is 6.03 Å². The van der Waals surface area contributed by atoms with Crippen LogP contribution in [0, 0.1) is 18.3 Å². The van der Waals surface area contributed by atoms with E-state index in [1.807, 2.05) is 0 Å². The van der Waals surface area contributed by atoms with Gasteiger partial charge in [0.15, 0.2) is 0 Å². The Morgan fingerprint density at radius 1 is 1.50 bits per heavy atom. The molecule has 7 heteroatoms. The molecule has 7 nitrogen and oxygen atoms in total. The molecule has 0 bridgehead atoms. The minimum atomic E-state index is -0.324. The van der Waals surface area contributed by atoms with Gasteiger partial charge in [0.05, 0.1) is 13.2 Å². The van der Waals surface area contributed by atoms with E-state index in [1.54, 1.807) is 11.8 Å². The molecule has 22 heavy (non-hydrogen) atoms. The van der Waals surface area contributed by atoms with Crippen molar-refractivity contribution in [2.75, 3.05) is 26.2 Å². The van der Waals surface area contributed by atoms with Crippen LogP contribution in [-0.4, -0.2) is 47.3 Å². The number of aryl methyl sites for hydroxylation is 1. The molecular weight excluding hydrogens is 284 g/mol. The highest BCUT2D eigenvalue weighted by atomic mass is 16.5. The van der Waals surface area contributed by atoms with Crippen LogP contribution in [-0.2, 0) is 4.74 Å². The van der Waals surface area contributed by atoms with E-state index in [0.717, 1.165) is 0 Å². The summed E-state index contributed by atoms with van der Waals surface area (Å²) < 4.78 is 10.6. The third-order valence-electron chi connectivity index (χ3n) is 4.44. The monoisotopic (exact) mass is 310 g/mol. The Hall–Kier alpha value is -1.63. The normalized spacial score (nSPS) is 19.5. The Kier molecular flexibility index (Phi) is 5.05. The third-order valence-corrected chi connectivity index (χ3v) is 4.44. The van der Waals surface area contributed by atoms with E-state index in [4.69, 9.17) is 9.26 Å². The number of nitrogens with zero attached hydrogens (tertiary/aromatic N) is 3. The van der Waals surface area contributed by atoms with Crippen LogP contribution in [0.1, 0.15) is 45.5 Å². The van der Waals surface area contributed by atoms with Crippen molar-refractivity contribution in [3.05, 3.63) is 11.7 Å². The summed E-state index contributed by atoms with van der Waals surface area (Å²) in [6.07, 6.45) is -0.324. The molecule has 0 radical (unpaired) electrons. The van der Waals surface area contributed by atoms with Crippen LogP contribution in [0.2, 0.25) is 0 Å². The Balaban J connectivity index is 1.90. The molecule has 2 rings (SSSR count). The summed E-state index contributed by atoms with van der Waals surface area (Å²) >= 11 is 0. The summed E-state index contributed by atoms with van der Waals surface area (Å²) in [5.41, 5.74) is 0.0616. The second-order valence-corrected chi connectivity index (χ2v) is 6.78. The van der Waals surface area contributed by atoms with Crippen LogP contribution < -0.4 is 5.32 Å². The van der Waals surface area contributed by atoms with Gasteiger partial charge in [-0.2, -0.15) is 4.98 Å². The number of amides is 2. The van der Waals surface area contributed by atoms with Gasteiger partial charge in [-0.1, -0.05) is 32.9 Å². The molecular formula is C15H26N4O3. The highest BCUT2D eigenvalue weighted by molar-refractivity contribution is 5.74. The average Bonchev–Trinajstić information content (AvgIpc) is 2.91. The third kappa shape index (κ3) is 3.97. The first kappa shape index (κ1) is 16.7. The Morgan fingerprint density at radius 3 is 2.82 bits per heavy atom. The molecule has 1 aromatic rings. The topological polar surface area (TPSA) is 80.5 Å². The molecule has 1 aromatic heterocycles. The van der Waals surface area contributed by atoms with Crippen LogP contribution in [0.4, 0.5) is 4.79 Å². The molecule has 2 amide bonds. The number of ether oxygens (including phenoxy) is 1. The largest absolute Gasteiger partial charge is 0.366 e. The molecule has 1 aliphatic heterocycles. The van der Waals surface area contributed by atoms with Crippen LogP contribution in [0.25, 0.3) is 0 Å².